The van der Waals surface area contributed by atoms with Crippen LogP contribution in [0.15, 0.2) is 152 Å². The van der Waals surface area contributed by atoms with Crippen LogP contribution in [0.25, 0.3) is 52.8 Å². The minimum atomic E-state index is 1.14. The summed E-state index contributed by atoms with van der Waals surface area (Å²) in [6.07, 6.45) is 0. The summed E-state index contributed by atoms with van der Waals surface area (Å²) >= 11 is 1.86. The van der Waals surface area contributed by atoms with Crippen molar-refractivity contribution in [2.45, 2.75) is 0 Å². The molecule has 188 valence electrons. The zero-order valence-electron chi connectivity index (χ0n) is 21.8. The van der Waals surface area contributed by atoms with E-state index in [9.17, 15) is 0 Å². The van der Waals surface area contributed by atoms with Gasteiger partial charge < -0.3 is 4.90 Å². The maximum atomic E-state index is 2.42. The Hall–Kier alpha value is -4.92. The van der Waals surface area contributed by atoms with Crippen LogP contribution < -0.4 is 4.90 Å². The van der Waals surface area contributed by atoms with E-state index < -0.39 is 0 Å². The zero-order valence-corrected chi connectivity index (χ0v) is 22.6. The van der Waals surface area contributed by atoms with E-state index in [1.807, 2.05) is 11.3 Å². The lowest BCUT2D eigenvalue weighted by molar-refractivity contribution is 1.30. The Balaban J connectivity index is 1.35. The first-order valence-electron chi connectivity index (χ1n) is 13.6. The number of benzene rings is 7. The molecule has 0 radical (unpaired) electrons. The fourth-order valence-electron chi connectivity index (χ4n) is 5.88. The summed E-state index contributed by atoms with van der Waals surface area (Å²) in [6.45, 7) is 0. The minimum Gasteiger partial charge on any atom is -0.310 e. The standard InChI is InChI=1S/C38H25NS/c1-2-11-28-23-30(20-19-26(28)9-1)29-13-7-14-31(24-29)39(36-17-8-12-27-10-3-4-15-33(27)36)32-21-22-38-35(25-32)34-16-5-6-18-37(34)40-38/h1-25H. The Kier molecular flexibility index (Phi) is 5.39. The number of thiophene rings is 1. The lowest BCUT2D eigenvalue weighted by Crippen LogP contribution is -2.10. The molecule has 1 heterocycles. The highest BCUT2D eigenvalue weighted by molar-refractivity contribution is 7.25. The number of fused-ring (bicyclic) bond motifs is 5. The average molecular weight is 528 g/mol. The Bertz CT molecular complexity index is 2180. The highest BCUT2D eigenvalue weighted by Crippen LogP contribution is 2.43. The molecule has 0 spiro atoms. The van der Waals surface area contributed by atoms with Crippen molar-refractivity contribution >= 4 is 70.1 Å². The second-order valence-corrected chi connectivity index (χ2v) is 11.3. The third kappa shape index (κ3) is 3.85. The average Bonchev–Trinajstić information content (AvgIpc) is 3.39. The Morgan fingerprint density at radius 2 is 1.05 bits per heavy atom. The van der Waals surface area contributed by atoms with Gasteiger partial charge in [-0.25, -0.2) is 0 Å². The second kappa shape index (κ2) is 9.37. The fourth-order valence-corrected chi connectivity index (χ4v) is 6.96. The highest BCUT2D eigenvalue weighted by atomic mass is 32.1. The molecule has 0 aliphatic rings. The lowest BCUT2D eigenvalue weighted by atomic mass is 10.00. The molecule has 0 aliphatic carbocycles. The lowest BCUT2D eigenvalue weighted by Gasteiger charge is -2.27. The van der Waals surface area contributed by atoms with E-state index in [-0.39, 0.29) is 0 Å². The summed E-state index contributed by atoms with van der Waals surface area (Å²) in [6, 6.07) is 55.1. The number of hydrogen-bond donors (Lipinski definition) is 0. The SMILES string of the molecule is c1cc(-c2ccc3ccccc3c2)cc(N(c2ccc3sc4ccccc4c3c2)c2cccc3ccccc23)c1. The second-order valence-electron chi connectivity index (χ2n) is 10.2. The summed E-state index contributed by atoms with van der Waals surface area (Å²) in [7, 11) is 0. The normalized spacial score (nSPS) is 11.5. The van der Waals surface area contributed by atoms with Crippen LogP contribution in [-0.2, 0) is 0 Å². The van der Waals surface area contributed by atoms with Crippen molar-refractivity contribution in [2.24, 2.45) is 0 Å². The van der Waals surface area contributed by atoms with Gasteiger partial charge in [0.25, 0.3) is 0 Å². The fraction of sp³-hybridized carbons (Fsp3) is 0. The molecule has 0 saturated heterocycles. The smallest absolute Gasteiger partial charge is 0.0540 e. The van der Waals surface area contributed by atoms with E-state index in [0.717, 1.165) is 11.4 Å². The van der Waals surface area contributed by atoms with Gasteiger partial charge in [0.1, 0.15) is 0 Å². The van der Waals surface area contributed by atoms with Crippen molar-refractivity contribution in [2.75, 3.05) is 4.90 Å². The molecule has 8 rings (SSSR count). The Morgan fingerprint density at radius 1 is 0.375 bits per heavy atom. The quantitative estimate of drug-likeness (QED) is 0.220. The molecule has 0 atom stereocenters. The summed E-state index contributed by atoms with van der Waals surface area (Å²) < 4.78 is 2.64. The minimum absolute atomic E-state index is 1.14. The van der Waals surface area contributed by atoms with Gasteiger partial charge in [-0.2, -0.15) is 0 Å². The van der Waals surface area contributed by atoms with Crippen LogP contribution >= 0.6 is 11.3 Å². The maximum absolute atomic E-state index is 2.42. The van der Waals surface area contributed by atoms with Gasteiger partial charge in [-0.15, -0.1) is 11.3 Å². The van der Waals surface area contributed by atoms with E-state index in [0.29, 0.717) is 0 Å². The molecule has 1 nitrogen and oxygen atoms in total. The Morgan fingerprint density at radius 3 is 1.98 bits per heavy atom. The molecule has 40 heavy (non-hydrogen) atoms. The van der Waals surface area contributed by atoms with Crippen LogP contribution in [-0.4, -0.2) is 0 Å². The number of anilines is 3. The van der Waals surface area contributed by atoms with Gasteiger partial charge in [0.15, 0.2) is 0 Å². The third-order valence-electron chi connectivity index (χ3n) is 7.81. The summed E-state index contributed by atoms with van der Waals surface area (Å²) in [5.74, 6) is 0. The van der Waals surface area contributed by atoms with Crippen molar-refractivity contribution in [3.63, 3.8) is 0 Å². The van der Waals surface area contributed by atoms with Crippen LogP contribution in [0.4, 0.5) is 17.1 Å². The molecule has 2 heteroatoms. The van der Waals surface area contributed by atoms with Crippen LogP contribution in [0, 0.1) is 0 Å². The van der Waals surface area contributed by atoms with Crippen LogP contribution in [0.3, 0.4) is 0 Å². The van der Waals surface area contributed by atoms with Gasteiger partial charge in [0, 0.05) is 36.9 Å². The van der Waals surface area contributed by atoms with E-state index in [1.165, 1.54) is 58.5 Å². The third-order valence-corrected chi connectivity index (χ3v) is 8.96. The summed E-state index contributed by atoms with van der Waals surface area (Å²) in [5, 5.41) is 7.59. The van der Waals surface area contributed by atoms with Crippen molar-refractivity contribution in [1.82, 2.24) is 0 Å². The molecular formula is C38H25NS. The summed E-state index contributed by atoms with van der Waals surface area (Å²) in [4.78, 5) is 2.42. The van der Waals surface area contributed by atoms with Crippen molar-refractivity contribution < 1.29 is 0 Å². The first-order chi connectivity index (χ1) is 19.8. The molecule has 0 saturated carbocycles. The first-order valence-corrected chi connectivity index (χ1v) is 14.4. The number of rotatable bonds is 4. The predicted octanol–water partition coefficient (Wildman–Crippen LogP) is 11.5. The topological polar surface area (TPSA) is 3.24 Å². The molecule has 0 bridgehead atoms. The van der Waals surface area contributed by atoms with Gasteiger partial charge in [-0.05, 0) is 75.8 Å². The molecule has 7 aromatic carbocycles. The highest BCUT2D eigenvalue weighted by Gasteiger charge is 2.17. The van der Waals surface area contributed by atoms with Crippen molar-refractivity contribution in [3.05, 3.63) is 152 Å². The van der Waals surface area contributed by atoms with Crippen LogP contribution in [0.1, 0.15) is 0 Å². The van der Waals surface area contributed by atoms with Crippen molar-refractivity contribution in [3.8, 4) is 11.1 Å². The molecule has 1 aromatic heterocycles. The first kappa shape index (κ1) is 23.0. The van der Waals surface area contributed by atoms with Gasteiger partial charge in [0.05, 0.1) is 5.69 Å². The van der Waals surface area contributed by atoms with Gasteiger partial charge >= 0.3 is 0 Å². The van der Waals surface area contributed by atoms with E-state index in [2.05, 4.69) is 157 Å². The van der Waals surface area contributed by atoms with Gasteiger partial charge in [-0.3, -0.25) is 0 Å². The van der Waals surface area contributed by atoms with Crippen LogP contribution in [0.2, 0.25) is 0 Å². The molecule has 0 fully saturated rings. The van der Waals surface area contributed by atoms with E-state index in [4.69, 9.17) is 0 Å². The Labute approximate surface area is 237 Å². The zero-order chi connectivity index (χ0) is 26.5. The number of nitrogens with zero attached hydrogens (tertiary/aromatic N) is 1. The molecule has 0 N–H and O–H groups in total. The monoisotopic (exact) mass is 527 g/mol. The molecule has 8 aromatic rings. The van der Waals surface area contributed by atoms with E-state index in [1.54, 1.807) is 0 Å². The summed E-state index contributed by atoms with van der Waals surface area (Å²) in [5.41, 5.74) is 5.89. The van der Waals surface area contributed by atoms with Gasteiger partial charge in [0.2, 0.25) is 0 Å². The van der Waals surface area contributed by atoms with Crippen molar-refractivity contribution in [1.29, 1.82) is 0 Å². The largest absolute Gasteiger partial charge is 0.310 e. The number of hydrogen-bond acceptors (Lipinski definition) is 2. The van der Waals surface area contributed by atoms with Gasteiger partial charge in [-0.1, -0.05) is 103 Å². The molecule has 0 aliphatic heterocycles. The molecular weight excluding hydrogens is 502 g/mol. The van der Waals surface area contributed by atoms with E-state index >= 15 is 0 Å². The maximum Gasteiger partial charge on any atom is 0.0540 e. The molecule has 0 unspecified atom stereocenters. The molecule has 0 amide bonds. The van der Waals surface area contributed by atoms with Crippen LogP contribution in [0.5, 0.6) is 0 Å². The predicted molar refractivity (Wildman–Crippen MR) is 174 cm³/mol.